The van der Waals surface area contributed by atoms with Crippen LogP contribution in [-0.2, 0) is 10.1 Å². The van der Waals surface area contributed by atoms with Gasteiger partial charge in [0.1, 0.15) is 0 Å². The Kier molecular flexibility index (Phi) is 13.6. The van der Waals surface area contributed by atoms with E-state index in [2.05, 4.69) is 27.7 Å². The van der Waals surface area contributed by atoms with Crippen molar-refractivity contribution in [2.45, 2.75) is 32.6 Å². The lowest BCUT2D eigenvalue weighted by Crippen LogP contribution is -2.30. The number of benzene rings is 2. The molecule has 0 aromatic heterocycles. The SMILES string of the molecule is CC(C)C(CO)C(CO)C(C)C.O=C(O)c1ccccc1.O=S(=O)(O)c1ccccc1. The molecular formula is C23H34O7S. The van der Waals surface area contributed by atoms with Gasteiger partial charge in [-0.2, -0.15) is 8.42 Å². The molecule has 0 spiro atoms. The summed E-state index contributed by atoms with van der Waals surface area (Å²) in [4.78, 5) is 10.1. The second-order valence-electron chi connectivity index (χ2n) is 7.64. The zero-order chi connectivity index (χ0) is 24.0. The zero-order valence-electron chi connectivity index (χ0n) is 18.4. The summed E-state index contributed by atoms with van der Waals surface area (Å²) in [6.07, 6.45) is 0. The van der Waals surface area contributed by atoms with Gasteiger partial charge in [0.05, 0.1) is 10.5 Å². The van der Waals surface area contributed by atoms with Crippen molar-refractivity contribution < 1.29 is 33.1 Å². The Morgan fingerprint density at radius 2 is 1.13 bits per heavy atom. The number of carboxylic acid groups (broad SMARTS) is 1. The average Bonchev–Trinajstić information content (AvgIpc) is 2.73. The first kappa shape index (κ1) is 28.7. The molecule has 0 fully saturated rings. The largest absolute Gasteiger partial charge is 0.478 e. The lowest BCUT2D eigenvalue weighted by molar-refractivity contribution is 0.0633. The maximum absolute atomic E-state index is 10.4. The van der Waals surface area contributed by atoms with Gasteiger partial charge in [-0.3, -0.25) is 4.55 Å². The monoisotopic (exact) mass is 454 g/mol. The first-order chi connectivity index (χ1) is 14.4. The van der Waals surface area contributed by atoms with Gasteiger partial charge in [0, 0.05) is 13.2 Å². The highest BCUT2D eigenvalue weighted by Gasteiger charge is 2.25. The molecule has 0 radical (unpaired) electrons. The van der Waals surface area contributed by atoms with Gasteiger partial charge in [-0.1, -0.05) is 64.1 Å². The van der Waals surface area contributed by atoms with Gasteiger partial charge in [-0.25, -0.2) is 4.79 Å². The van der Waals surface area contributed by atoms with Crippen LogP contribution < -0.4 is 0 Å². The van der Waals surface area contributed by atoms with E-state index in [1.54, 1.807) is 48.5 Å². The van der Waals surface area contributed by atoms with Crippen molar-refractivity contribution in [3.63, 3.8) is 0 Å². The molecule has 0 heterocycles. The van der Waals surface area contributed by atoms with Crippen molar-refractivity contribution in [2.24, 2.45) is 23.7 Å². The van der Waals surface area contributed by atoms with E-state index in [0.29, 0.717) is 17.4 Å². The molecule has 0 amide bonds. The van der Waals surface area contributed by atoms with Gasteiger partial charge in [-0.15, -0.1) is 0 Å². The third kappa shape index (κ3) is 11.6. The molecule has 31 heavy (non-hydrogen) atoms. The van der Waals surface area contributed by atoms with Crippen molar-refractivity contribution in [2.75, 3.05) is 13.2 Å². The number of aromatic carboxylic acids is 1. The zero-order valence-corrected chi connectivity index (χ0v) is 19.2. The lowest BCUT2D eigenvalue weighted by Gasteiger charge is -2.30. The average molecular weight is 455 g/mol. The molecule has 8 heteroatoms. The third-order valence-corrected chi connectivity index (χ3v) is 5.61. The van der Waals surface area contributed by atoms with Crippen LogP contribution in [0, 0.1) is 23.7 Å². The second-order valence-corrected chi connectivity index (χ2v) is 9.06. The standard InChI is InChI=1S/C10H22O2.C7H6O2.C6H6O3S/c1-7(2)9(5-11)10(6-12)8(3)4;8-7(9)6-4-2-1-3-5-6;7-10(8,9)6-4-2-1-3-5-6/h7-12H,5-6H2,1-4H3;1-5H,(H,8,9);1-5H,(H,7,8,9). The summed E-state index contributed by atoms with van der Waals surface area (Å²) >= 11 is 0. The van der Waals surface area contributed by atoms with Crippen molar-refractivity contribution in [3.8, 4) is 0 Å². The van der Waals surface area contributed by atoms with E-state index in [-0.39, 0.29) is 29.9 Å². The van der Waals surface area contributed by atoms with E-state index in [0.717, 1.165) is 0 Å². The Morgan fingerprint density at radius 3 is 1.32 bits per heavy atom. The van der Waals surface area contributed by atoms with Crippen LogP contribution in [0.1, 0.15) is 38.1 Å². The number of carbonyl (C=O) groups is 1. The number of hydrogen-bond donors (Lipinski definition) is 4. The number of aliphatic hydroxyl groups excluding tert-OH is 2. The summed E-state index contributed by atoms with van der Waals surface area (Å²) in [6.45, 7) is 8.72. The van der Waals surface area contributed by atoms with Crippen LogP contribution in [0.4, 0.5) is 0 Å². The first-order valence-electron chi connectivity index (χ1n) is 9.98. The topological polar surface area (TPSA) is 132 Å². The summed E-state index contributed by atoms with van der Waals surface area (Å²) in [5.41, 5.74) is 0.331. The molecule has 2 aromatic rings. The molecule has 0 aliphatic carbocycles. The fourth-order valence-corrected chi connectivity index (χ4v) is 3.36. The highest BCUT2D eigenvalue weighted by molar-refractivity contribution is 7.85. The van der Waals surface area contributed by atoms with Gasteiger partial charge in [0.2, 0.25) is 0 Å². The van der Waals surface area contributed by atoms with Crippen LogP contribution in [-0.4, -0.2) is 47.5 Å². The van der Waals surface area contributed by atoms with Crippen LogP contribution in [0.25, 0.3) is 0 Å². The molecule has 2 atom stereocenters. The van der Waals surface area contributed by atoms with E-state index in [1.165, 1.54) is 12.1 Å². The molecule has 0 aliphatic heterocycles. The molecule has 2 rings (SSSR count). The predicted molar refractivity (Wildman–Crippen MR) is 120 cm³/mol. The molecule has 2 unspecified atom stereocenters. The Balaban J connectivity index is 0.000000439. The highest BCUT2D eigenvalue weighted by atomic mass is 32.2. The van der Waals surface area contributed by atoms with Crippen LogP contribution >= 0.6 is 0 Å². The van der Waals surface area contributed by atoms with Crippen molar-refractivity contribution in [3.05, 3.63) is 66.2 Å². The Hall–Kier alpha value is -2.26. The summed E-state index contributed by atoms with van der Waals surface area (Å²) in [5, 5.41) is 26.7. The van der Waals surface area contributed by atoms with Crippen molar-refractivity contribution in [1.29, 1.82) is 0 Å². The minimum atomic E-state index is -4.00. The minimum absolute atomic E-state index is 0.0741. The van der Waals surface area contributed by atoms with Gasteiger partial charge < -0.3 is 15.3 Å². The van der Waals surface area contributed by atoms with Crippen LogP contribution in [0.3, 0.4) is 0 Å². The first-order valence-corrected chi connectivity index (χ1v) is 11.4. The van der Waals surface area contributed by atoms with Gasteiger partial charge in [0.15, 0.2) is 0 Å². The molecular weight excluding hydrogens is 420 g/mol. The normalized spacial score (nSPS) is 12.8. The van der Waals surface area contributed by atoms with Crippen molar-refractivity contribution >= 4 is 16.1 Å². The van der Waals surface area contributed by atoms with Crippen LogP contribution in [0.2, 0.25) is 0 Å². The predicted octanol–water partition coefficient (Wildman–Crippen LogP) is 3.83. The fraction of sp³-hybridized carbons (Fsp3) is 0.435. The number of aliphatic hydroxyl groups is 2. The van der Waals surface area contributed by atoms with Gasteiger partial charge in [0.25, 0.3) is 10.1 Å². The number of hydrogen-bond acceptors (Lipinski definition) is 5. The maximum atomic E-state index is 10.4. The van der Waals surface area contributed by atoms with Crippen LogP contribution in [0.15, 0.2) is 65.6 Å². The summed E-state index contributed by atoms with van der Waals surface area (Å²) in [7, 11) is -4.00. The molecule has 4 N–H and O–H groups in total. The lowest BCUT2D eigenvalue weighted by atomic mass is 9.78. The third-order valence-electron chi connectivity index (χ3n) is 4.75. The maximum Gasteiger partial charge on any atom is 0.335 e. The quantitative estimate of drug-likeness (QED) is 0.467. The molecule has 7 nitrogen and oxygen atoms in total. The van der Waals surface area contributed by atoms with E-state index in [9.17, 15) is 13.2 Å². The van der Waals surface area contributed by atoms with E-state index in [4.69, 9.17) is 19.9 Å². The molecule has 2 aromatic carbocycles. The molecule has 0 aliphatic rings. The minimum Gasteiger partial charge on any atom is -0.478 e. The van der Waals surface area contributed by atoms with Crippen molar-refractivity contribution in [1.82, 2.24) is 0 Å². The summed E-state index contributed by atoms with van der Waals surface area (Å²) in [5.74, 6) is 0.463. The highest BCUT2D eigenvalue weighted by Crippen LogP contribution is 2.26. The van der Waals surface area contributed by atoms with Crippen LogP contribution in [0.5, 0.6) is 0 Å². The van der Waals surface area contributed by atoms with E-state index >= 15 is 0 Å². The molecule has 0 bridgehead atoms. The number of rotatable bonds is 7. The second kappa shape index (κ2) is 14.7. The van der Waals surface area contributed by atoms with Gasteiger partial charge in [-0.05, 0) is 47.9 Å². The summed E-state index contributed by atoms with van der Waals surface area (Å²) in [6, 6.07) is 15.7. The van der Waals surface area contributed by atoms with E-state index in [1.807, 2.05) is 0 Å². The Morgan fingerprint density at radius 1 is 0.774 bits per heavy atom. The molecule has 174 valence electrons. The van der Waals surface area contributed by atoms with E-state index < -0.39 is 16.1 Å². The Labute approximate surface area is 185 Å². The molecule has 0 saturated heterocycles. The Bertz CT molecular complexity index is 821. The fourth-order valence-electron chi connectivity index (χ4n) is 2.85. The van der Waals surface area contributed by atoms with Gasteiger partial charge >= 0.3 is 5.97 Å². The smallest absolute Gasteiger partial charge is 0.335 e. The molecule has 0 saturated carbocycles. The number of carboxylic acids is 1. The summed E-state index contributed by atoms with van der Waals surface area (Å²) < 4.78 is 29.2.